The third kappa shape index (κ3) is 2.97. The van der Waals surface area contributed by atoms with Crippen LogP contribution in [0.2, 0.25) is 0 Å². The Bertz CT molecular complexity index is 532. The molecule has 0 fully saturated rings. The molecule has 1 rings (SSSR count). The van der Waals surface area contributed by atoms with Crippen molar-refractivity contribution < 1.29 is 28.4 Å². The summed E-state index contributed by atoms with van der Waals surface area (Å²) in [5, 5.41) is 20.4. The first-order valence-electron chi connectivity index (χ1n) is 4.46. The van der Waals surface area contributed by atoms with Crippen LogP contribution >= 0.6 is 0 Å². The van der Waals surface area contributed by atoms with Gasteiger partial charge in [-0.1, -0.05) is 0 Å². The molecule has 0 radical (unpaired) electrons. The molecule has 0 bridgehead atoms. The van der Waals surface area contributed by atoms with Crippen molar-refractivity contribution >= 4 is 17.6 Å². The van der Waals surface area contributed by atoms with Gasteiger partial charge < -0.3 is 10.4 Å². The van der Waals surface area contributed by atoms with Crippen LogP contribution in [0.25, 0.3) is 0 Å². The quantitative estimate of drug-likeness (QED) is 0.611. The van der Waals surface area contributed by atoms with Crippen LogP contribution in [-0.4, -0.2) is 28.5 Å². The van der Waals surface area contributed by atoms with Crippen LogP contribution in [0.3, 0.4) is 0 Å². The van der Waals surface area contributed by atoms with E-state index in [0.717, 1.165) is 0 Å². The highest BCUT2D eigenvalue weighted by Gasteiger charge is 2.22. The fourth-order valence-corrected chi connectivity index (χ4v) is 1.10. The number of nitro groups is 1. The van der Waals surface area contributed by atoms with Crippen molar-refractivity contribution in [2.24, 2.45) is 0 Å². The fourth-order valence-electron chi connectivity index (χ4n) is 1.10. The molecular weight excluding hydrogens is 254 g/mol. The van der Waals surface area contributed by atoms with E-state index in [9.17, 15) is 28.5 Å². The van der Waals surface area contributed by atoms with Crippen LogP contribution < -0.4 is 5.32 Å². The second kappa shape index (κ2) is 5.17. The molecule has 18 heavy (non-hydrogen) atoms. The van der Waals surface area contributed by atoms with E-state index in [-0.39, 0.29) is 6.07 Å². The molecule has 9 heteroatoms. The zero-order chi connectivity index (χ0) is 13.9. The van der Waals surface area contributed by atoms with E-state index in [1.165, 1.54) is 0 Å². The van der Waals surface area contributed by atoms with Crippen molar-refractivity contribution in [3.8, 4) is 0 Å². The maximum atomic E-state index is 13.3. The summed E-state index contributed by atoms with van der Waals surface area (Å²) in [6.07, 6.45) is 0. The van der Waals surface area contributed by atoms with E-state index < -0.39 is 46.2 Å². The van der Waals surface area contributed by atoms with Gasteiger partial charge in [0.15, 0.2) is 0 Å². The largest absolute Gasteiger partial charge is 0.480 e. The SMILES string of the molecule is O=C(O)CNC(=O)c1cc(F)c([N+](=O)[O-])cc1F. The standard InChI is InChI=1S/C9H6F2N2O5/c10-5-2-7(13(17)18)6(11)1-4(5)9(16)12-3-8(14)15/h1-2H,3H2,(H,12,16)(H,14,15). The molecule has 1 amide bonds. The number of carbonyl (C=O) groups excluding carboxylic acids is 1. The lowest BCUT2D eigenvalue weighted by Crippen LogP contribution is -2.30. The Kier molecular flexibility index (Phi) is 3.87. The molecule has 1 aromatic carbocycles. The van der Waals surface area contributed by atoms with Gasteiger partial charge in [-0.05, 0) is 6.07 Å². The van der Waals surface area contributed by atoms with Crippen LogP contribution in [0.1, 0.15) is 10.4 Å². The molecule has 96 valence electrons. The molecule has 0 atom stereocenters. The number of nitrogens with one attached hydrogen (secondary N) is 1. The molecule has 0 saturated carbocycles. The van der Waals surface area contributed by atoms with Crippen molar-refractivity contribution in [1.82, 2.24) is 5.32 Å². The van der Waals surface area contributed by atoms with Gasteiger partial charge in [-0.25, -0.2) is 4.39 Å². The van der Waals surface area contributed by atoms with Gasteiger partial charge in [-0.15, -0.1) is 0 Å². The Balaban J connectivity index is 3.04. The number of aliphatic carboxylic acids is 1. The summed E-state index contributed by atoms with van der Waals surface area (Å²) < 4.78 is 26.4. The molecule has 0 saturated heterocycles. The number of carboxylic acids is 1. The first-order valence-corrected chi connectivity index (χ1v) is 4.46. The highest BCUT2D eigenvalue weighted by Crippen LogP contribution is 2.21. The fraction of sp³-hybridized carbons (Fsp3) is 0.111. The van der Waals surface area contributed by atoms with Crippen molar-refractivity contribution in [2.75, 3.05) is 6.54 Å². The summed E-state index contributed by atoms with van der Waals surface area (Å²) in [6.45, 7) is -0.781. The number of carbonyl (C=O) groups is 2. The third-order valence-electron chi connectivity index (χ3n) is 1.88. The number of carboxylic acid groups (broad SMARTS) is 1. The molecule has 0 aliphatic carbocycles. The molecule has 7 nitrogen and oxygen atoms in total. The average Bonchev–Trinajstić information content (AvgIpc) is 2.28. The van der Waals surface area contributed by atoms with Crippen molar-refractivity contribution in [2.45, 2.75) is 0 Å². The first kappa shape index (κ1) is 13.5. The Morgan fingerprint density at radius 2 is 1.94 bits per heavy atom. The van der Waals surface area contributed by atoms with Gasteiger partial charge in [0.2, 0.25) is 5.82 Å². The Hall–Kier alpha value is -2.58. The number of rotatable bonds is 4. The van der Waals surface area contributed by atoms with E-state index in [2.05, 4.69) is 0 Å². The average molecular weight is 260 g/mol. The predicted octanol–water partition coefficient (Wildman–Crippen LogP) is 0.687. The zero-order valence-electron chi connectivity index (χ0n) is 8.65. The van der Waals surface area contributed by atoms with Gasteiger partial charge in [0.25, 0.3) is 5.91 Å². The van der Waals surface area contributed by atoms with Gasteiger partial charge >= 0.3 is 11.7 Å². The number of hydrogen-bond acceptors (Lipinski definition) is 4. The van der Waals surface area contributed by atoms with Gasteiger partial charge in [-0.2, -0.15) is 4.39 Å². The highest BCUT2D eigenvalue weighted by atomic mass is 19.1. The lowest BCUT2D eigenvalue weighted by Gasteiger charge is -2.04. The number of hydrogen-bond donors (Lipinski definition) is 2. The second-order valence-corrected chi connectivity index (χ2v) is 3.12. The minimum atomic E-state index is -1.39. The summed E-state index contributed by atoms with van der Waals surface area (Å²) in [5.74, 6) is -5.25. The minimum Gasteiger partial charge on any atom is -0.480 e. The van der Waals surface area contributed by atoms with Crippen LogP contribution in [0, 0.1) is 21.7 Å². The summed E-state index contributed by atoms with van der Waals surface area (Å²) in [4.78, 5) is 30.6. The van der Waals surface area contributed by atoms with Crippen LogP contribution in [0.15, 0.2) is 12.1 Å². The molecule has 0 heterocycles. The van der Waals surface area contributed by atoms with E-state index in [0.29, 0.717) is 6.07 Å². The van der Waals surface area contributed by atoms with E-state index in [4.69, 9.17) is 5.11 Å². The van der Waals surface area contributed by atoms with Crippen LogP contribution in [0.4, 0.5) is 14.5 Å². The molecule has 0 aromatic heterocycles. The van der Waals surface area contributed by atoms with Crippen LogP contribution in [0.5, 0.6) is 0 Å². The Morgan fingerprint density at radius 1 is 1.33 bits per heavy atom. The summed E-state index contributed by atoms with van der Waals surface area (Å²) >= 11 is 0. The lowest BCUT2D eigenvalue weighted by molar-refractivity contribution is -0.387. The van der Waals surface area contributed by atoms with E-state index in [1.807, 2.05) is 0 Å². The molecule has 0 aliphatic heterocycles. The molecule has 2 N–H and O–H groups in total. The summed E-state index contributed by atoms with van der Waals surface area (Å²) in [6, 6.07) is 0.593. The molecule has 1 aromatic rings. The molecule has 0 aliphatic rings. The Morgan fingerprint density at radius 3 is 2.44 bits per heavy atom. The predicted molar refractivity (Wildman–Crippen MR) is 53.0 cm³/mol. The number of nitro benzene ring substituents is 1. The van der Waals surface area contributed by atoms with Gasteiger partial charge in [-0.3, -0.25) is 19.7 Å². The van der Waals surface area contributed by atoms with Crippen LogP contribution in [-0.2, 0) is 4.79 Å². The molecular formula is C9H6F2N2O5. The Labute approximate surface area is 98.2 Å². The zero-order valence-corrected chi connectivity index (χ0v) is 8.65. The smallest absolute Gasteiger partial charge is 0.322 e. The number of amides is 1. The van der Waals surface area contributed by atoms with Crippen molar-refractivity contribution in [3.63, 3.8) is 0 Å². The normalized spacial score (nSPS) is 9.89. The van der Waals surface area contributed by atoms with Gasteiger partial charge in [0.1, 0.15) is 12.4 Å². The van der Waals surface area contributed by atoms with Crippen molar-refractivity contribution in [1.29, 1.82) is 0 Å². The lowest BCUT2D eigenvalue weighted by atomic mass is 10.1. The van der Waals surface area contributed by atoms with Gasteiger partial charge in [0.05, 0.1) is 16.6 Å². The van der Waals surface area contributed by atoms with Crippen molar-refractivity contribution in [3.05, 3.63) is 39.4 Å². The number of nitrogens with zero attached hydrogens (tertiary/aromatic N) is 1. The maximum Gasteiger partial charge on any atom is 0.322 e. The third-order valence-corrected chi connectivity index (χ3v) is 1.88. The molecule has 0 spiro atoms. The topological polar surface area (TPSA) is 110 Å². The summed E-state index contributed by atoms with van der Waals surface area (Å²) in [7, 11) is 0. The van der Waals surface area contributed by atoms with Gasteiger partial charge in [0, 0.05) is 0 Å². The highest BCUT2D eigenvalue weighted by molar-refractivity contribution is 5.96. The van der Waals surface area contributed by atoms with E-state index >= 15 is 0 Å². The number of benzene rings is 1. The maximum absolute atomic E-state index is 13.3. The molecule has 0 unspecified atom stereocenters. The first-order chi connectivity index (χ1) is 8.32. The van der Waals surface area contributed by atoms with E-state index in [1.54, 1.807) is 5.32 Å². The summed E-state index contributed by atoms with van der Waals surface area (Å²) in [5.41, 5.74) is -1.92. The second-order valence-electron chi connectivity index (χ2n) is 3.12. The monoisotopic (exact) mass is 260 g/mol. The number of halogens is 2. The minimum absolute atomic E-state index is 0.255.